The Morgan fingerprint density at radius 2 is 1.62 bits per heavy atom. The van der Waals surface area contributed by atoms with E-state index in [4.69, 9.17) is 14.2 Å². The second-order valence-corrected chi connectivity index (χ2v) is 9.93. The van der Waals surface area contributed by atoms with Crippen LogP contribution in [-0.4, -0.2) is 31.0 Å². The fraction of sp³-hybridized carbons (Fsp3) is 0.414. The van der Waals surface area contributed by atoms with Gasteiger partial charge in [0.25, 0.3) is 0 Å². The molecule has 1 spiro atoms. The number of para-hydroxylation sites is 2. The van der Waals surface area contributed by atoms with Crippen LogP contribution in [0.25, 0.3) is 0 Å². The maximum absolute atomic E-state index is 14.6. The first-order valence-corrected chi connectivity index (χ1v) is 12.3. The van der Waals surface area contributed by atoms with Gasteiger partial charge in [-0.1, -0.05) is 54.6 Å². The SMILES string of the molecule is C=C1OC(C)[C@H]2[C@@H](C(=O)N(c3ccccc3)c3ccccc3)[C@@H]3CCC4(CC3=C[C@@H]12)OCCO4. The third kappa shape index (κ3) is 3.50. The molecule has 2 aliphatic heterocycles. The molecule has 2 aromatic rings. The summed E-state index contributed by atoms with van der Waals surface area (Å²) in [6.07, 6.45) is 4.63. The lowest BCUT2D eigenvalue weighted by molar-refractivity contribution is -0.175. The van der Waals surface area contributed by atoms with Gasteiger partial charge in [-0.3, -0.25) is 9.69 Å². The van der Waals surface area contributed by atoms with Gasteiger partial charge >= 0.3 is 0 Å². The zero-order chi connectivity index (χ0) is 23.3. The van der Waals surface area contributed by atoms with Crippen molar-refractivity contribution in [2.45, 2.75) is 38.1 Å². The standard InChI is InChI=1S/C29H31NO4/c1-19-25-17-21-18-29(32-15-16-33-29)14-13-24(21)27(26(25)20(2)34-19)28(31)30(22-9-5-3-6-10-22)23-11-7-4-8-12-23/h3-12,17,20,24-27H,1,13-16,18H2,2H3/t20?,24-,25+,26-,27+/m1/s1. The number of hydrogen-bond donors (Lipinski definition) is 0. The van der Waals surface area contributed by atoms with Gasteiger partial charge in [-0.25, -0.2) is 0 Å². The minimum absolute atomic E-state index is 0.0279. The summed E-state index contributed by atoms with van der Waals surface area (Å²) < 4.78 is 18.2. The molecule has 0 aromatic heterocycles. The maximum Gasteiger partial charge on any atom is 0.235 e. The van der Waals surface area contributed by atoms with E-state index < -0.39 is 5.79 Å². The molecule has 5 nitrogen and oxygen atoms in total. The lowest BCUT2D eigenvalue weighted by Gasteiger charge is -2.46. The molecule has 2 aromatic carbocycles. The van der Waals surface area contributed by atoms with E-state index in [-0.39, 0.29) is 35.7 Å². The number of rotatable bonds is 3. The molecule has 1 saturated carbocycles. The Hall–Kier alpha value is -2.89. The molecule has 0 bridgehead atoms. The van der Waals surface area contributed by atoms with E-state index in [1.165, 1.54) is 5.57 Å². The predicted molar refractivity (Wildman–Crippen MR) is 130 cm³/mol. The molecule has 2 heterocycles. The molecule has 1 amide bonds. The number of hydrogen-bond acceptors (Lipinski definition) is 4. The summed E-state index contributed by atoms with van der Waals surface area (Å²) in [6, 6.07) is 19.9. The van der Waals surface area contributed by atoms with E-state index in [0.717, 1.165) is 30.0 Å². The van der Waals surface area contributed by atoms with Crippen LogP contribution in [0.5, 0.6) is 0 Å². The Kier molecular flexibility index (Phi) is 5.34. The third-order valence-corrected chi connectivity index (χ3v) is 8.04. The third-order valence-electron chi connectivity index (χ3n) is 8.04. The Balaban J connectivity index is 1.43. The molecular weight excluding hydrogens is 426 g/mol. The topological polar surface area (TPSA) is 48.0 Å². The molecule has 176 valence electrons. The zero-order valence-electron chi connectivity index (χ0n) is 19.6. The van der Waals surface area contributed by atoms with E-state index in [0.29, 0.717) is 19.6 Å². The van der Waals surface area contributed by atoms with Crippen molar-refractivity contribution in [3.63, 3.8) is 0 Å². The number of anilines is 2. The molecule has 4 aliphatic rings. The number of carbonyl (C=O) groups is 1. The number of amides is 1. The van der Waals surface area contributed by atoms with E-state index in [2.05, 4.69) is 19.6 Å². The first kappa shape index (κ1) is 21.6. The normalized spacial score (nSPS) is 31.4. The Morgan fingerprint density at radius 1 is 1.00 bits per heavy atom. The summed E-state index contributed by atoms with van der Waals surface area (Å²) >= 11 is 0. The van der Waals surface area contributed by atoms with Crippen LogP contribution in [-0.2, 0) is 19.0 Å². The van der Waals surface area contributed by atoms with Crippen LogP contribution in [0.2, 0.25) is 0 Å². The van der Waals surface area contributed by atoms with Crippen molar-refractivity contribution >= 4 is 17.3 Å². The highest BCUT2D eigenvalue weighted by atomic mass is 16.7. The number of nitrogens with zero attached hydrogens (tertiary/aromatic N) is 1. The van der Waals surface area contributed by atoms with Crippen molar-refractivity contribution in [3.8, 4) is 0 Å². The van der Waals surface area contributed by atoms with Crippen LogP contribution in [0.4, 0.5) is 11.4 Å². The number of benzene rings is 2. The van der Waals surface area contributed by atoms with E-state index in [1.807, 2.05) is 65.6 Å². The highest BCUT2D eigenvalue weighted by molar-refractivity contribution is 6.02. The van der Waals surface area contributed by atoms with Crippen molar-refractivity contribution in [3.05, 3.63) is 84.7 Å². The smallest absolute Gasteiger partial charge is 0.235 e. The molecule has 0 N–H and O–H groups in total. The van der Waals surface area contributed by atoms with Gasteiger partial charge in [-0.2, -0.15) is 0 Å². The van der Waals surface area contributed by atoms with Crippen LogP contribution in [0.1, 0.15) is 26.2 Å². The summed E-state index contributed by atoms with van der Waals surface area (Å²) in [6.45, 7) is 7.57. The molecule has 0 radical (unpaired) electrons. The molecule has 5 atom stereocenters. The van der Waals surface area contributed by atoms with Crippen molar-refractivity contribution < 1.29 is 19.0 Å². The number of ether oxygens (including phenoxy) is 3. The average Bonchev–Trinajstić information content (AvgIpc) is 3.42. The number of carbonyl (C=O) groups excluding carboxylic acids is 1. The van der Waals surface area contributed by atoms with Crippen LogP contribution in [0.15, 0.2) is 84.7 Å². The van der Waals surface area contributed by atoms with Crippen LogP contribution < -0.4 is 4.90 Å². The molecule has 1 unspecified atom stereocenters. The first-order valence-electron chi connectivity index (χ1n) is 12.3. The minimum Gasteiger partial charge on any atom is -0.495 e. The summed E-state index contributed by atoms with van der Waals surface area (Å²) in [4.78, 5) is 16.5. The fourth-order valence-electron chi connectivity index (χ4n) is 6.59. The van der Waals surface area contributed by atoms with Gasteiger partial charge in [0.1, 0.15) is 0 Å². The number of allylic oxidation sites excluding steroid dienone is 1. The maximum atomic E-state index is 14.6. The quantitative estimate of drug-likeness (QED) is 0.562. The molecule has 6 rings (SSSR count). The van der Waals surface area contributed by atoms with Gasteiger partial charge in [0, 0.05) is 36.1 Å². The average molecular weight is 458 g/mol. The van der Waals surface area contributed by atoms with Gasteiger partial charge < -0.3 is 14.2 Å². The largest absolute Gasteiger partial charge is 0.495 e. The van der Waals surface area contributed by atoms with E-state index >= 15 is 0 Å². The highest BCUT2D eigenvalue weighted by Crippen LogP contribution is 2.55. The van der Waals surface area contributed by atoms with Gasteiger partial charge in [-0.15, -0.1) is 0 Å². The van der Waals surface area contributed by atoms with Crippen molar-refractivity contribution in [1.82, 2.24) is 0 Å². The molecular formula is C29H31NO4. The Bertz CT molecular complexity index is 1070. The van der Waals surface area contributed by atoms with Crippen LogP contribution >= 0.6 is 0 Å². The number of fused-ring (bicyclic) bond motifs is 2. The van der Waals surface area contributed by atoms with Crippen molar-refractivity contribution in [2.75, 3.05) is 18.1 Å². The fourth-order valence-corrected chi connectivity index (χ4v) is 6.59. The lowest BCUT2D eigenvalue weighted by Crippen LogP contribution is -2.49. The monoisotopic (exact) mass is 457 g/mol. The zero-order valence-corrected chi connectivity index (χ0v) is 19.6. The highest BCUT2D eigenvalue weighted by Gasteiger charge is 2.56. The predicted octanol–water partition coefficient (Wildman–Crippen LogP) is 5.62. The van der Waals surface area contributed by atoms with Crippen molar-refractivity contribution in [1.29, 1.82) is 0 Å². The van der Waals surface area contributed by atoms with Crippen LogP contribution in [0.3, 0.4) is 0 Å². The van der Waals surface area contributed by atoms with Gasteiger partial charge in [0.05, 0.1) is 31.0 Å². The summed E-state index contributed by atoms with van der Waals surface area (Å²) in [5.74, 6) is 0.367. The Morgan fingerprint density at radius 3 is 2.24 bits per heavy atom. The van der Waals surface area contributed by atoms with Gasteiger partial charge in [0.15, 0.2) is 5.79 Å². The van der Waals surface area contributed by atoms with Gasteiger partial charge in [-0.05, 0) is 43.5 Å². The lowest BCUT2D eigenvalue weighted by atomic mass is 9.61. The summed E-state index contributed by atoms with van der Waals surface area (Å²) in [5, 5.41) is 0. The first-order chi connectivity index (χ1) is 16.6. The summed E-state index contributed by atoms with van der Waals surface area (Å²) in [7, 11) is 0. The van der Waals surface area contributed by atoms with E-state index in [1.54, 1.807) is 0 Å². The van der Waals surface area contributed by atoms with E-state index in [9.17, 15) is 4.79 Å². The summed E-state index contributed by atoms with van der Waals surface area (Å²) in [5.41, 5.74) is 3.02. The minimum atomic E-state index is -0.534. The van der Waals surface area contributed by atoms with Crippen molar-refractivity contribution in [2.24, 2.45) is 23.7 Å². The second kappa shape index (κ2) is 8.40. The van der Waals surface area contributed by atoms with Crippen LogP contribution in [0, 0.1) is 23.7 Å². The van der Waals surface area contributed by atoms with Gasteiger partial charge in [0.2, 0.25) is 5.91 Å². The molecule has 5 heteroatoms. The molecule has 2 aliphatic carbocycles. The Labute approximate surface area is 201 Å². The second-order valence-electron chi connectivity index (χ2n) is 9.93. The molecule has 34 heavy (non-hydrogen) atoms. The molecule has 2 saturated heterocycles. The molecule has 3 fully saturated rings.